The van der Waals surface area contributed by atoms with E-state index in [9.17, 15) is 13.2 Å². The Morgan fingerprint density at radius 1 is 1.09 bits per heavy atom. The lowest BCUT2D eigenvalue weighted by Crippen LogP contribution is -2.48. The maximum atomic E-state index is 13.4. The molecule has 0 atom stereocenters. The Labute approximate surface area is 205 Å². The summed E-state index contributed by atoms with van der Waals surface area (Å²) in [6.45, 7) is 7.17. The summed E-state index contributed by atoms with van der Waals surface area (Å²) in [4.78, 5) is 17.5. The summed E-state index contributed by atoms with van der Waals surface area (Å²) in [5.41, 5.74) is 0.280. The molecule has 4 rings (SSSR count). The highest BCUT2D eigenvalue weighted by atomic mass is 35.5. The zero-order valence-corrected chi connectivity index (χ0v) is 21.4. The highest BCUT2D eigenvalue weighted by molar-refractivity contribution is 7.90. The van der Waals surface area contributed by atoms with Gasteiger partial charge in [-0.2, -0.15) is 0 Å². The molecule has 0 unspecified atom stereocenters. The summed E-state index contributed by atoms with van der Waals surface area (Å²) in [5.74, 6) is 0. The molecule has 0 saturated carbocycles. The standard InChI is InChI=1S/C25H30ClN3O4S/c1-25(2,3)33-24(30)29(19-10-13-27(4)14-11-19)23-17-18(26)16-22-21(23)12-15-28(22)34(31,32)20-8-6-5-7-9-20/h5-9,12,15-17,19H,10-11,13-14H2,1-4H3. The fourth-order valence-electron chi connectivity index (χ4n) is 4.29. The Morgan fingerprint density at radius 3 is 2.35 bits per heavy atom. The van der Waals surface area contributed by atoms with Gasteiger partial charge >= 0.3 is 6.09 Å². The van der Waals surface area contributed by atoms with Crippen molar-refractivity contribution >= 4 is 44.3 Å². The first-order chi connectivity index (χ1) is 16.0. The Kier molecular flexibility index (Phi) is 6.68. The summed E-state index contributed by atoms with van der Waals surface area (Å²) < 4.78 is 33.7. The van der Waals surface area contributed by atoms with Crippen molar-refractivity contribution in [2.45, 2.75) is 50.2 Å². The zero-order valence-electron chi connectivity index (χ0n) is 19.9. The van der Waals surface area contributed by atoms with Crippen LogP contribution in [0.2, 0.25) is 5.02 Å². The number of hydrogen-bond donors (Lipinski definition) is 0. The van der Waals surface area contributed by atoms with E-state index < -0.39 is 21.7 Å². The van der Waals surface area contributed by atoms with Crippen LogP contribution in [0.3, 0.4) is 0 Å². The molecule has 182 valence electrons. The SMILES string of the molecule is CN1CCC(N(C(=O)OC(C)(C)C)c2cc(Cl)cc3c2ccn3S(=O)(=O)c2ccccc2)CC1. The quantitative estimate of drug-likeness (QED) is 0.478. The van der Waals surface area contributed by atoms with E-state index in [2.05, 4.69) is 11.9 Å². The Morgan fingerprint density at radius 2 is 1.74 bits per heavy atom. The van der Waals surface area contributed by atoms with Crippen LogP contribution in [0.1, 0.15) is 33.6 Å². The second kappa shape index (κ2) is 9.24. The first-order valence-corrected chi connectivity index (χ1v) is 13.1. The number of carbonyl (C=O) groups is 1. The van der Waals surface area contributed by atoms with E-state index in [1.165, 1.54) is 10.2 Å². The van der Waals surface area contributed by atoms with E-state index in [4.69, 9.17) is 16.3 Å². The molecular weight excluding hydrogens is 474 g/mol. The molecule has 1 aromatic heterocycles. The number of piperidine rings is 1. The van der Waals surface area contributed by atoms with Gasteiger partial charge in [-0.1, -0.05) is 29.8 Å². The number of benzene rings is 2. The normalized spacial score (nSPS) is 16.0. The molecule has 9 heteroatoms. The van der Waals surface area contributed by atoms with Crippen LogP contribution in [0.5, 0.6) is 0 Å². The molecule has 2 aromatic carbocycles. The fraction of sp³-hybridized carbons (Fsp3) is 0.400. The average Bonchev–Trinajstić information content (AvgIpc) is 3.19. The van der Waals surface area contributed by atoms with Crippen LogP contribution >= 0.6 is 11.6 Å². The molecule has 2 heterocycles. The predicted molar refractivity (Wildman–Crippen MR) is 135 cm³/mol. The second-order valence-electron chi connectivity index (χ2n) is 9.67. The third-order valence-corrected chi connectivity index (χ3v) is 7.84. The number of aromatic nitrogens is 1. The Balaban J connectivity index is 1.86. The molecule has 0 N–H and O–H groups in total. The molecule has 0 spiro atoms. The van der Waals surface area contributed by atoms with Gasteiger partial charge in [-0.15, -0.1) is 0 Å². The minimum absolute atomic E-state index is 0.0956. The average molecular weight is 504 g/mol. The minimum atomic E-state index is -3.85. The molecule has 1 saturated heterocycles. The van der Waals surface area contributed by atoms with Gasteiger partial charge in [-0.3, -0.25) is 4.90 Å². The van der Waals surface area contributed by atoms with Gasteiger partial charge < -0.3 is 9.64 Å². The van der Waals surface area contributed by atoms with Crippen LogP contribution in [0.15, 0.2) is 59.6 Å². The molecular formula is C25H30ClN3O4S. The topological polar surface area (TPSA) is 71.8 Å². The number of ether oxygens (including phenoxy) is 1. The number of fused-ring (bicyclic) bond motifs is 1. The van der Waals surface area contributed by atoms with E-state index in [1.54, 1.807) is 53.4 Å². The van der Waals surface area contributed by atoms with Crippen LogP contribution in [0, 0.1) is 0 Å². The van der Waals surface area contributed by atoms with Crippen LogP contribution in [-0.4, -0.2) is 55.2 Å². The lowest BCUT2D eigenvalue weighted by molar-refractivity contribution is 0.0552. The molecule has 0 bridgehead atoms. The zero-order chi connectivity index (χ0) is 24.7. The molecule has 3 aromatic rings. The van der Waals surface area contributed by atoms with Crippen LogP contribution < -0.4 is 4.90 Å². The number of likely N-dealkylation sites (tertiary alicyclic amines) is 1. The number of anilines is 1. The number of halogens is 1. The summed E-state index contributed by atoms with van der Waals surface area (Å²) in [5, 5.41) is 0.959. The molecule has 1 aliphatic rings. The van der Waals surface area contributed by atoms with Crippen molar-refractivity contribution in [3.05, 3.63) is 59.8 Å². The number of hydrogen-bond acceptors (Lipinski definition) is 5. The monoisotopic (exact) mass is 503 g/mol. The maximum absolute atomic E-state index is 13.4. The predicted octanol–water partition coefficient (Wildman–Crippen LogP) is 5.37. The van der Waals surface area contributed by atoms with Gasteiger partial charge in [0.25, 0.3) is 10.0 Å². The number of amides is 1. The Hall–Kier alpha value is -2.55. The Bertz CT molecular complexity index is 1290. The second-order valence-corrected chi connectivity index (χ2v) is 11.9. The third-order valence-electron chi connectivity index (χ3n) is 5.92. The maximum Gasteiger partial charge on any atom is 0.415 e. The summed E-state index contributed by atoms with van der Waals surface area (Å²) in [7, 11) is -1.79. The largest absolute Gasteiger partial charge is 0.443 e. The fourth-order valence-corrected chi connectivity index (χ4v) is 5.85. The van der Waals surface area contributed by atoms with E-state index >= 15 is 0 Å². The summed E-state index contributed by atoms with van der Waals surface area (Å²) in [6.07, 6.45) is 2.58. The van der Waals surface area contributed by atoms with Crippen molar-refractivity contribution in [2.75, 3.05) is 25.0 Å². The smallest absolute Gasteiger partial charge is 0.415 e. The van der Waals surface area contributed by atoms with Crippen LogP contribution in [0.4, 0.5) is 10.5 Å². The van der Waals surface area contributed by atoms with Crippen LogP contribution in [0.25, 0.3) is 10.9 Å². The van der Waals surface area contributed by atoms with Gasteiger partial charge in [0.05, 0.1) is 16.1 Å². The highest BCUT2D eigenvalue weighted by Crippen LogP contribution is 2.36. The van der Waals surface area contributed by atoms with Crippen LogP contribution in [-0.2, 0) is 14.8 Å². The highest BCUT2D eigenvalue weighted by Gasteiger charge is 2.33. The summed E-state index contributed by atoms with van der Waals surface area (Å²) >= 11 is 6.50. The van der Waals surface area contributed by atoms with Gasteiger partial charge in [0, 0.05) is 22.6 Å². The summed E-state index contributed by atoms with van der Waals surface area (Å²) in [6, 6.07) is 13.2. The van der Waals surface area contributed by atoms with E-state index in [0.29, 0.717) is 21.6 Å². The van der Waals surface area contributed by atoms with Gasteiger partial charge in [0.1, 0.15) is 5.60 Å². The third kappa shape index (κ3) is 4.94. The number of rotatable bonds is 4. The molecule has 34 heavy (non-hydrogen) atoms. The van der Waals surface area contributed by atoms with Crippen molar-refractivity contribution in [1.82, 2.24) is 8.87 Å². The van der Waals surface area contributed by atoms with Crippen molar-refractivity contribution in [2.24, 2.45) is 0 Å². The lowest BCUT2D eigenvalue weighted by atomic mass is 10.0. The molecule has 1 amide bonds. The first kappa shape index (κ1) is 24.6. The number of nitrogens with zero attached hydrogens (tertiary/aromatic N) is 3. The first-order valence-electron chi connectivity index (χ1n) is 11.3. The van der Waals surface area contributed by atoms with Crippen molar-refractivity contribution in [3.63, 3.8) is 0 Å². The van der Waals surface area contributed by atoms with Gasteiger partial charge in [0.15, 0.2) is 0 Å². The molecule has 0 aliphatic carbocycles. The minimum Gasteiger partial charge on any atom is -0.443 e. The lowest BCUT2D eigenvalue weighted by Gasteiger charge is -2.38. The van der Waals surface area contributed by atoms with E-state index in [-0.39, 0.29) is 10.9 Å². The molecule has 1 fully saturated rings. The van der Waals surface area contributed by atoms with Crippen molar-refractivity contribution in [1.29, 1.82) is 0 Å². The van der Waals surface area contributed by atoms with Crippen molar-refractivity contribution in [3.8, 4) is 0 Å². The molecule has 7 nitrogen and oxygen atoms in total. The van der Waals surface area contributed by atoms with E-state index in [1.807, 2.05) is 20.8 Å². The van der Waals surface area contributed by atoms with E-state index in [0.717, 1.165) is 25.9 Å². The molecule has 1 aliphatic heterocycles. The van der Waals surface area contributed by atoms with Crippen molar-refractivity contribution < 1.29 is 17.9 Å². The number of carbonyl (C=O) groups excluding carboxylic acids is 1. The van der Waals surface area contributed by atoms with Gasteiger partial charge in [-0.05, 0) is 84.1 Å². The van der Waals surface area contributed by atoms with Gasteiger partial charge in [-0.25, -0.2) is 17.2 Å². The molecule has 0 radical (unpaired) electrons. The van der Waals surface area contributed by atoms with Gasteiger partial charge in [0.2, 0.25) is 0 Å².